The molecule has 0 spiro atoms. The van der Waals surface area contributed by atoms with E-state index in [1.807, 2.05) is 32.0 Å². The molecule has 0 fully saturated rings. The van der Waals surface area contributed by atoms with Crippen LogP contribution in [0.3, 0.4) is 0 Å². The van der Waals surface area contributed by atoms with Gasteiger partial charge in [0.05, 0.1) is 10.6 Å². The molecule has 8 nitrogen and oxygen atoms in total. The molecule has 28 heavy (non-hydrogen) atoms. The van der Waals surface area contributed by atoms with Gasteiger partial charge < -0.3 is 19.6 Å². The lowest BCUT2D eigenvalue weighted by Gasteiger charge is -2.08. The van der Waals surface area contributed by atoms with Gasteiger partial charge in [-0.25, -0.2) is 0 Å². The number of carbonyl (C=O) groups excluding carboxylic acids is 1. The third kappa shape index (κ3) is 4.29. The molecule has 1 aromatic heterocycles. The van der Waals surface area contributed by atoms with Crippen molar-refractivity contribution in [2.45, 2.75) is 20.5 Å². The number of nitrogens with one attached hydrogen (secondary N) is 1. The lowest BCUT2D eigenvalue weighted by atomic mass is 10.1. The molecule has 2 N–H and O–H groups in total. The third-order valence-corrected chi connectivity index (χ3v) is 4.04. The maximum atomic E-state index is 12.3. The van der Waals surface area contributed by atoms with E-state index in [1.165, 1.54) is 6.07 Å². The molecule has 2 aromatic carbocycles. The Morgan fingerprint density at radius 3 is 2.71 bits per heavy atom. The Balaban J connectivity index is 1.68. The molecule has 144 valence electrons. The highest BCUT2D eigenvalue weighted by molar-refractivity contribution is 6.03. The van der Waals surface area contributed by atoms with E-state index >= 15 is 0 Å². The molecule has 8 heteroatoms. The molecule has 3 aromatic rings. The predicted octanol–water partition coefficient (Wildman–Crippen LogP) is 4.34. The van der Waals surface area contributed by atoms with E-state index in [0.29, 0.717) is 5.76 Å². The first kappa shape index (κ1) is 19.0. The lowest BCUT2D eigenvalue weighted by molar-refractivity contribution is -0.384. The Morgan fingerprint density at radius 2 is 1.96 bits per heavy atom. The summed E-state index contributed by atoms with van der Waals surface area (Å²) >= 11 is 0. The summed E-state index contributed by atoms with van der Waals surface area (Å²) in [6, 6.07) is 12.3. The number of anilines is 1. The average molecular weight is 382 g/mol. The Morgan fingerprint density at radius 1 is 1.18 bits per heavy atom. The second kappa shape index (κ2) is 7.83. The zero-order chi connectivity index (χ0) is 20.3. The van der Waals surface area contributed by atoms with Gasteiger partial charge in [0.1, 0.15) is 23.9 Å². The molecule has 3 rings (SSSR count). The molecule has 0 aliphatic rings. The molecule has 0 bridgehead atoms. The fraction of sp³-hybridized carbons (Fsp3) is 0.150. The minimum absolute atomic E-state index is 0.00882. The van der Waals surface area contributed by atoms with Crippen LogP contribution in [0.25, 0.3) is 0 Å². The van der Waals surface area contributed by atoms with Crippen molar-refractivity contribution < 1.29 is 24.0 Å². The largest absolute Gasteiger partial charge is 0.506 e. The summed E-state index contributed by atoms with van der Waals surface area (Å²) in [5.74, 6) is 0.224. The lowest BCUT2D eigenvalue weighted by Crippen LogP contribution is -2.11. The van der Waals surface area contributed by atoms with Crippen molar-refractivity contribution in [3.05, 3.63) is 81.3 Å². The van der Waals surface area contributed by atoms with Crippen molar-refractivity contribution in [3.8, 4) is 11.5 Å². The normalized spacial score (nSPS) is 10.5. The molecule has 0 aliphatic carbocycles. The van der Waals surface area contributed by atoms with Gasteiger partial charge in [-0.05, 0) is 49.2 Å². The van der Waals surface area contributed by atoms with Gasteiger partial charge in [-0.15, -0.1) is 0 Å². The van der Waals surface area contributed by atoms with Crippen molar-refractivity contribution in [1.29, 1.82) is 0 Å². The molecule has 0 aliphatic heterocycles. The van der Waals surface area contributed by atoms with E-state index in [0.717, 1.165) is 35.1 Å². The Kier molecular flexibility index (Phi) is 5.30. The zero-order valence-corrected chi connectivity index (χ0v) is 15.3. The molecule has 0 radical (unpaired) electrons. The van der Waals surface area contributed by atoms with Crippen LogP contribution in [0.2, 0.25) is 0 Å². The number of phenols is 1. The van der Waals surface area contributed by atoms with Gasteiger partial charge in [0.25, 0.3) is 11.6 Å². The van der Waals surface area contributed by atoms with E-state index in [-0.39, 0.29) is 29.5 Å². The van der Waals surface area contributed by atoms with Crippen LogP contribution in [0.4, 0.5) is 11.4 Å². The van der Waals surface area contributed by atoms with Crippen LogP contribution in [0.5, 0.6) is 11.5 Å². The van der Waals surface area contributed by atoms with Gasteiger partial charge in [0.2, 0.25) is 0 Å². The summed E-state index contributed by atoms with van der Waals surface area (Å²) in [6.45, 7) is 4.03. The molecular formula is C20H18N2O6. The summed E-state index contributed by atoms with van der Waals surface area (Å²) in [6.07, 6.45) is 0. The minimum atomic E-state index is -0.645. The van der Waals surface area contributed by atoms with Gasteiger partial charge in [-0.3, -0.25) is 14.9 Å². The first-order valence-electron chi connectivity index (χ1n) is 8.41. The molecule has 0 unspecified atom stereocenters. The number of aryl methyl sites for hydroxylation is 2. The number of hydrogen-bond acceptors (Lipinski definition) is 6. The number of benzene rings is 2. The number of ether oxygens (including phenoxy) is 1. The molecule has 0 atom stereocenters. The summed E-state index contributed by atoms with van der Waals surface area (Å²) in [4.78, 5) is 22.5. The van der Waals surface area contributed by atoms with Gasteiger partial charge in [-0.2, -0.15) is 0 Å². The van der Waals surface area contributed by atoms with Crippen LogP contribution in [-0.2, 0) is 6.61 Å². The van der Waals surface area contributed by atoms with Crippen molar-refractivity contribution in [3.63, 3.8) is 0 Å². The van der Waals surface area contributed by atoms with Crippen LogP contribution in [0.1, 0.15) is 27.4 Å². The van der Waals surface area contributed by atoms with Crippen molar-refractivity contribution in [2.24, 2.45) is 0 Å². The Hall–Kier alpha value is -3.81. The summed E-state index contributed by atoms with van der Waals surface area (Å²) in [7, 11) is 0. The summed E-state index contributed by atoms with van der Waals surface area (Å²) < 4.78 is 11.2. The number of non-ortho nitro benzene ring substituents is 1. The first-order chi connectivity index (χ1) is 13.3. The molecule has 1 amide bonds. The number of phenolic OH excluding ortho intramolecular Hbond substituents is 1. The summed E-state index contributed by atoms with van der Waals surface area (Å²) in [5.41, 5.74) is 1.71. The Bertz CT molecular complexity index is 1040. The van der Waals surface area contributed by atoms with Crippen molar-refractivity contribution in [1.82, 2.24) is 0 Å². The topological polar surface area (TPSA) is 115 Å². The van der Waals surface area contributed by atoms with Crippen LogP contribution >= 0.6 is 0 Å². The minimum Gasteiger partial charge on any atom is -0.506 e. The van der Waals surface area contributed by atoms with Crippen LogP contribution in [0.15, 0.2) is 52.9 Å². The quantitative estimate of drug-likeness (QED) is 0.372. The maximum absolute atomic E-state index is 12.3. The van der Waals surface area contributed by atoms with Crippen molar-refractivity contribution >= 4 is 17.3 Å². The first-order valence-corrected chi connectivity index (χ1v) is 8.41. The molecule has 0 saturated heterocycles. The number of nitro groups is 1. The maximum Gasteiger partial charge on any atom is 0.291 e. The highest BCUT2D eigenvalue weighted by Crippen LogP contribution is 2.28. The molecular weight excluding hydrogens is 364 g/mol. The van der Waals surface area contributed by atoms with E-state index in [1.54, 1.807) is 6.07 Å². The molecule has 1 heterocycles. The van der Waals surface area contributed by atoms with E-state index < -0.39 is 10.8 Å². The van der Waals surface area contributed by atoms with E-state index in [9.17, 15) is 20.0 Å². The predicted molar refractivity (Wildman–Crippen MR) is 102 cm³/mol. The Labute approximate surface area is 160 Å². The molecule has 0 saturated carbocycles. The standard InChI is InChI=1S/C20H18N2O6/c1-12-3-4-13(2)19(9-12)27-11-15-6-8-18(28-15)20(24)21-16-10-14(22(25)26)5-7-17(16)23/h3-10,23H,11H2,1-2H3,(H,21,24). The second-order valence-corrected chi connectivity index (χ2v) is 6.24. The number of aromatic hydroxyl groups is 1. The van der Waals surface area contributed by atoms with Crippen LogP contribution in [-0.4, -0.2) is 15.9 Å². The highest BCUT2D eigenvalue weighted by Gasteiger charge is 2.16. The fourth-order valence-electron chi connectivity index (χ4n) is 2.51. The van der Waals surface area contributed by atoms with Crippen LogP contribution < -0.4 is 10.1 Å². The van der Waals surface area contributed by atoms with Gasteiger partial charge in [0.15, 0.2) is 5.76 Å². The SMILES string of the molecule is Cc1ccc(C)c(OCc2ccc(C(=O)Nc3cc([N+](=O)[O-])ccc3O)o2)c1. The summed E-state index contributed by atoms with van der Waals surface area (Å²) in [5, 5.41) is 23.0. The number of nitro benzene ring substituents is 1. The van der Waals surface area contributed by atoms with E-state index in [4.69, 9.17) is 9.15 Å². The van der Waals surface area contributed by atoms with Gasteiger partial charge in [0, 0.05) is 12.1 Å². The fourth-order valence-corrected chi connectivity index (χ4v) is 2.51. The number of hydrogen-bond donors (Lipinski definition) is 2. The number of amides is 1. The number of rotatable bonds is 6. The van der Waals surface area contributed by atoms with Gasteiger partial charge >= 0.3 is 0 Å². The number of nitrogens with zero attached hydrogens (tertiary/aromatic N) is 1. The van der Waals surface area contributed by atoms with Gasteiger partial charge in [-0.1, -0.05) is 12.1 Å². The zero-order valence-electron chi connectivity index (χ0n) is 15.3. The van der Waals surface area contributed by atoms with Crippen molar-refractivity contribution in [2.75, 3.05) is 5.32 Å². The van der Waals surface area contributed by atoms with E-state index in [2.05, 4.69) is 5.32 Å². The monoisotopic (exact) mass is 382 g/mol. The average Bonchev–Trinajstić information content (AvgIpc) is 3.13. The number of furan rings is 1. The number of carbonyl (C=O) groups is 1. The third-order valence-electron chi connectivity index (χ3n) is 4.04. The second-order valence-electron chi connectivity index (χ2n) is 6.24. The van der Waals surface area contributed by atoms with Crippen LogP contribution in [0, 0.1) is 24.0 Å². The highest BCUT2D eigenvalue weighted by atomic mass is 16.6. The smallest absolute Gasteiger partial charge is 0.291 e.